The van der Waals surface area contributed by atoms with Crippen LogP contribution < -0.4 is 10.1 Å². The SMILES string of the molecule is COc1ccc(C(=O)NC(O)C(=O)O)cc1. The van der Waals surface area contributed by atoms with Gasteiger partial charge in [0, 0.05) is 5.56 Å². The molecule has 1 atom stereocenters. The first-order valence-corrected chi connectivity index (χ1v) is 4.40. The maximum atomic E-state index is 11.4. The summed E-state index contributed by atoms with van der Waals surface area (Å²) in [4.78, 5) is 21.7. The number of methoxy groups -OCH3 is 1. The van der Waals surface area contributed by atoms with Crippen molar-refractivity contribution in [3.8, 4) is 5.75 Å². The number of nitrogens with one attached hydrogen (secondary N) is 1. The zero-order valence-electron chi connectivity index (χ0n) is 8.51. The van der Waals surface area contributed by atoms with Gasteiger partial charge in [-0.25, -0.2) is 4.79 Å². The fourth-order valence-corrected chi connectivity index (χ4v) is 1.01. The number of carboxylic acids is 1. The lowest BCUT2D eigenvalue weighted by atomic mass is 10.2. The Morgan fingerprint density at radius 3 is 2.31 bits per heavy atom. The van der Waals surface area contributed by atoms with Crippen molar-refractivity contribution in [3.05, 3.63) is 29.8 Å². The van der Waals surface area contributed by atoms with Crippen LogP contribution in [0.3, 0.4) is 0 Å². The number of carboxylic acid groups (broad SMARTS) is 1. The quantitative estimate of drug-likeness (QED) is 0.618. The van der Waals surface area contributed by atoms with E-state index in [9.17, 15) is 9.59 Å². The summed E-state index contributed by atoms with van der Waals surface area (Å²) in [5.41, 5.74) is 0.237. The number of hydrogen-bond donors (Lipinski definition) is 3. The van der Waals surface area contributed by atoms with Gasteiger partial charge in [-0.15, -0.1) is 0 Å². The zero-order chi connectivity index (χ0) is 12.1. The van der Waals surface area contributed by atoms with E-state index in [1.165, 1.54) is 19.2 Å². The summed E-state index contributed by atoms with van der Waals surface area (Å²) in [7, 11) is 1.49. The molecular formula is C10H11NO5. The van der Waals surface area contributed by atoms with E-state index >= 15 is 0 Å². The normalized spacial score (nSPS) is 11.6. The highest BCUT2D eigenvalue weighted by molar-refractivity contribution is 5.96. The Balaban J connectivity index is 2.69. The Hall–Kier alpha value is -2.08. The topological polar surface area (TPSA) is 95.9 Å². The number of rotatable bonds is 4. The van der Waals surface area contributed by atoms with Gasteiger partial charge in [0.05, 0.1) is 7.11 Å². The number of aliphatic hydroxyl groups is 1. The molecule has 0 aliphatic rings. The Morgan fingerprint density at radius 2 is 1.88 bits per heavy atom. The molecule has 0 aromatic heterocycles. The van der Waals surface area contributed by atoms with Gasteiger partial charge in [-0.3, -0.25) is 4.79 Å². The molecule has 0 spiro atoms. The van der Waals surface area contributed by atoms with Crippen molar-refractivity contribution >= 4 is 11.9 Å². The largest absolute Gasteiger partial charge is 0.497 e. The molecular weight excluding hydrogens is 214 g/mol. The van der Waals surface area contributed by atoms with Crippen LogP contribution in [0, 0.1) is 0 Å². The lowest BCUT2D eigenvalue weighted by Crippen LogP contribution is -2.40. The minimum atomic E-state index is -1.91. The van der Waals surface area contributed by atoms with Crippen LogP contribution in [-0.2, 0) is 4.79 Å². The Kier molecular flexibility index (Phi) is 3.84. The van der Waals surface area contributed by atoms with Crippen molar-refractivity contribution in [2.75, 3.05) is 7.11 Å². The highest BCUT2D eigenvalue weighted by atomic mass is 16.5. The summed E-state index contributed by atoms with van der Waals surface area (Å²) in [6, 6.07) is 6.04. The highest BCUT2D eigenvalue weighted by Gasteiger charge is 2.16. The molecule has 1 rings (SSSR count). The first-order valence-electron chi connectivity index (χ1n) is 4.40. The van der Waals surface area contributed by atoms with E-state index in [1.807, 2.05) is 5.32 Å². The maximum Gasteiger partial charge on any atom is 0.353 e. The van der Waals surface area contributed by atoms with Crippen molar-refractivity contribution in [1.29, 1.82) is 0 Å². The van der Waals surface area contributed by atoms with Crippen LogP contribution in [0.4, 0.5) is 0 Å². The smallest absolute Gasteiger partial charge is 0.353 e. The Labute approximate surface area is 91.5 Å². The van der Waals surface area contributed by atoms with E-state index in [0.717, 1.165) is 0 Å². The first kappa shape index (κ1) is 12.0. The molecule has 1 unspecified atom stereocenters. The number of carbonyl (C=O) groups is 2. The van der Waals surface area contributed by atoms with E-state index in [0.29, 0.717) is 5.75 Å². The number of benzene rings is 1. The van der Waals surface area contributed by atoms with E-state index in [1.54, 1.807) is 12.1 Å². The maximum absolute atomic E-state index is 11.4. The third kappa shape index (κ3) is 2.96. The van der Waals surface area contributed by atoms with Crippen LogP contribution in [0.5, 0.6) is 5.75 Å². The Morgan fingerprint density at radius 1 is 1.31 bits per heavy atom. The van der Waals surface area contributed by atoms with Gasteiger partial charge in [-0.2, -0.15) is 0 Å². The molecule has 86 valence electrons. The number of aliphatic hydroxyl groups excluding tert-OH is 1. The monoisotopic (exact) mass is 225 g/mol. The average molecular weight is 225 g/mol. The second kappa shape index (κ2) is 5.13. The van der Waals surface area contributed by atoms with E-state index in [4.69, 9.17) is 14.9 Å². The van der Waals surface area contributed by atoms with E-state index in [2.05, 4.69) is 0 Å². The highest BCUT2D eigenvalue weighted by Crippen LogP contribution is 2.11. The number of amides is 1. The van der Waals surface area contributed by atoms with Crippen molar-refractivity contribution in [2.24, 2.45) is 0 Å². The molecule has 0 saturated carbocycles. The van der Waals surface area contributed by atoms with E-state index in [-0.39, 0.29) is 5.56 Å². The molecule has 1 amide bonds. The molecule has 0 radical (unpaired) electrons. The predicted octanol–water partition coefficient (Wildman–Crippen LogP) is -0.172. The number of carbonyl (C=O) groups excluding carboxylic acids is 1. The lowest BCUT2D eigenvalue weighted by molar-refractivity contribution is -0.147. The molecule has 0 bridgehead atoms. The minimum absolute atomic E-state index is 0.237. The molecule has 0 saturated heterocycles. The number of hydrogen-bond acceptors (Lipinski definition) is 4. The van der Waals surface area contributed by atoms with Gasteiger partial charge in [0.2, 0.25) is 6.23 Å². The van der Waals surface area contributed by atoms with Gasteiger partial charge < -0.3 is 20.3 Å². The number of ether oxygens (including phenoxy) is 1. The molecule has 3 N–H and O–H groups in total. The second-order valence-electron chi connectivity index (χ2n) is 2.94. The van der Waals surface area contributed by atoms with Gasteiger partial charge in [-0.05, 0) is 24.3 Å². The van der Waals surface area contributed by atoms with Crippen molar-refractivity contribution in [2.45, 2.75) is 6.23 Å². The first-order chi connectivity index (χ1) is 7.54. The van der Waals surface area contributed by atoms with Crippen LogP contribution in [0.15, 0.2) is 24.3 Å². The average Bonchev–Trinajstić information content (AvgIpc) is 2.28. The molecule has 6 heteroatoms. The molecule has 1 aromatic carbocycles. The molecule has 0 heterocycles. The van der Waals surface area contributed by atoms with Crippen LogP contribution in [0.25, 0.3) is 0 Å². The fraction of sp³-hybridized carbons (Fsp3) is 0.200. The summed E-state index contributed by atoms with van der Waals surface area (Å²) >= 11 is 0. The summed E-state index contributed by atoms with van der Waals surface area (Å²) < 4.78 is 4.89. The standard InChI is InChI=1S/C10H11NO5/c1-16-7-4-2-6(3-5-7)8(12)11-9(13)10(14)15/h2-5,9,13H,1H3,(H,11,12)(H,14,15). The zero-order valence-corrected chi connectivity index (χ0v) is 8.51. The van der Waals surface area contributed by atoms with Crippen LogP contribution in [-0.4, -0.2) is 35.4 Å². The van der Waals surface area contributed by atoms with Gasteiger partial charge in [0.15, 0.2) is 0 Å². The lowest BCUT2D eigenvalue weighted by Gasteiger charge is -2.08. The van der Waals surface area contributed by atoms with Gasteiger partial charge in [0.25, 0.3) is 5.91 Å². The third-order valence-corrected chi connectivity index (χ3v) is 1.85. The summed E-state index contributed by atoms with van der Waals surface area (Å²) in [5.74, 6) is -1.60. The van der Waals surface area contributed by atoms with Crippen molar-refractivity contribution in [1.82, 2.24) is 5.32 Å². The second-order valence-corrected chi connectivity index (χ2v) is 2.94. The molecule has 6 nitrogen and oxygen atoms in total. The van der Waals surface area contributed by atoms with Crippen LogP contribution >= 0.6 is 0 Å². The van der Waals surface area contributed by atoms with Gasteiger partial charge in [0.1, 0.15) is 5.75 Å². The van der Waals surface area contributed by atoms with Gasteiger partial charge >= 0.3 is 5.97 Å². The summed E-state index contributed by atoms with van der Waals surface area (Å²) in [6.07, 6.45) is -1.91. The van der Waals surface area contributed by atoms with Crippen LogP contribution in [0.1, 0.15) is 10.4 Å². The van der Waals surface area contributed by atoms with Crippen molar-refractivity contribution < 1.29 is 24.5 Å². The Bertz CT molecular complexity index is 387. The fourth-order valence-electron chi connectivity index (χ4n) is 1.01. The van der Waals surface area contributed by atoms with E-state index < -0.39 is 18.1 Å². The summed E-state index contributed by atoms with van der Waals surface area (Å²) in [6.45, 7) is 0. The summed E-state index contributed by atoms with van der Waals surface area (Å²) in [5, 5.41) is 19.2. The molecule has 16 heavy (non-hydrogen) atoms. The van der Waals surface area contributed by atoms with Gasteiger partial charge in [-0.1, -0.05) is 0 Å². The predicted molar refractivity (Wildman–Crippen MR) is 54.1 cm³/mol. The third-order valence-electron chi connectivity index (χ3n) is 1.85. The van der Waals surface area contributed by atoms with Crippen LogP contribution in [0.2, 0.25) is 0 Å². The molecule has 1 aromatic rings. The molecule has 0 aliphatic carbocycles. The molecule has 0 aliphatic heterocycles. The number of aliphatic carboxylic acids is 1. The minimum Gasteiger partial charge on any atom is -0.497 e. The van der Waals surface area contributed by atoms with Crippen molar-refractivity contribution in [3.63, 3.8) is 0 Å². The molecule has 0 fully saturated rings.